The van der Waals surface area contributed by atoms with Crippen LogP contribution in [0.2, 0.25) is 0 Å². The molecule has 19 heavy (non-hydrogen) atoms. The van der Waals surface area contributed by atoms with Gasteiger partial charge in [-0.2, -0.15) is 0 Å². The first-order chi connectivity index (χ1) is 9.13. The molecule has 1 aliphatic heterocycles. The van der Waals surface area contributed by atoms with Gasteiger partial charge in [0.05, 0.1) is 12.2 Å². The van der Waals surface area contributed by atoms with Crippen LogP contribution in [-0.4, -0.2) is 32.1 Å². The van der Waals surface area contributed by atoms with Crippen LogP contribution < -0.4 is 15.5 Å². The molecule has 1 atom stereocenters. The number of carbonyl (C=O) groups is 1. The van der Waals surface area contributed by atoms with Crippen molar-refractivity contribution in [1.82, 2.24) is 10.6 Å². The van der Waals surface area contributed by atoms with Gasteiger partial charge in [-0.1, -0.05) is 19.1 Å². The lowest BCUT2D eigenvalue weighted by atomic mass is 10.0. The van der Waals surface area contributed by atoms with E-state index in [1.165, 1.54) is 6.07 Å². The van der Waals surface area contributed by atoms with Crippen molar-refractivity contribution >= 4 is 11.6 Å². The molecule has 0 bridgehead atoms. The Kier molecular flexibility index (Phi) is 4.37. The third kappa shape index (κ3) is 3.04. The van der Waals surface area contributed by atoms with E-state index in [2.05, 4.69) is 10.6 Å². The van der Waals surface area contributed by atoms with Crippen molar-refractivity contribution in [2.45, 2.75) is 19.9 Å². The van der Waals surface area contributed by atoms with Crippen molar-refractivity contribution < 1.29 is 9.18 Å². The van der Waals surface area contributed by atoms with Crippen molar-refractivity contribution in [2.24, 2.45) is 0 Å². The summed E-state index contributed by atoms with van der Waals surface area (Å²) in [6.45, 7) is 6.25. The van der Waals surface area contributed by atoms with Gasteiger partial charge in [-0.15, -0.1) is 0 Å². The first kappa shape index (κ1) is 13.8. The molecule has 5 heteroatoms. The summed E-state index contributed by atoms with van der Waals surface area (Å²) < 4.78 is 14.2. The maximum atomic E-state index is 14.2. The lowest BCUT2D eigenvalue weighted by molar-refractivity contribution is -0.120. The molecule has 0 saturated carbocycles. The number of rotatable bonds is 4. The monoisotopic (exact) mass is 265 g/mol. The topological polar surface area (TPSA) is 44.4 Å². The van der Waals surface area contributed by atoms with Crippen LogP contribution in [-0.2, 0) is 4.79 Å². The summed E-state index contributed by atoms with van der Waals surface area (Å²) in [5.74, 6) is -0.325. The highest BCUT2D eigenvalue weighted by atomic mass is 19.1. The Morgan fingerprint density at radius 1 is 1.53 bits per heavy atom. The largest absolute Gasteiger partial charge is 0.358 e. The van der Waals surface area contributed by atoms with Gasteiger partial charge in [0.1, 0.15) is 5.82 Å². The lowest BCUT2D eigenvalue weighted by Gasteiger charge is -2.32. The minimum absolute atomic E-state index is 0.0562. The van der Waals surface area contributed by atoms with Gasteiger partial charge in [-0.25, -0.2) is 4.39 Å². The van der Waals surface area contributed by atoms with Crippen LogP contribution in [0.4, 0.5) is 10.1 Å². The fourth-order valence-corrected chi connectivity index (χ4v) is 2.46. The van der Waals surface area contributed by atoms with Gasteiger partial charge in [0.2, 0.25) is 5.91 Å². The normalized spacial score (nSPS) is 17.2. The summed E-state index contributed by atoms with van der Waals surface area (Å²) in [6.07, 6.45) is 0. The molecule has 4 nitrogen and oxygen atoms in total. The number of halogens is 1. The summed E-state index contributed by atoms with van der Waals surface area (Å²) in [4.78, 5) is 13.3. The summed E-state index contributed by atoms with van der Waals surface area (Å²) in [5, 5.41) is 6.04. The third-order valence-electron chi connectivity index (χ3n) is 3.35. The number of benzene rings is 1. The number of para-hydroxylation sites is 1. The molecule has 1 aromatic carbocycles. The molecule has 0 spiro atoms. The van der Waals surface area contributed by atoms with Gasteiger partial charge in [-0.05, 0) is 25.1 Å². The van der Waals surface area contributed by atoms with Crippen molar-refractivity contribution in [2.75, 3.05) is 31.1 Å². The van der Waals surface area contributed by atoms with Crippen molar-refractivity contribution in [1.29, 1.82) is 0 Å². The van der Waals surface area contributed by atoms with E-state index in [-0.39, 0.29) is 24.3 Å². The van der Waals surface area contributed by atoms with Crippen LogP contribution in [0.1, 0.15) is 25.5 Å². The van der Waals surface area contributed by atoms with Gasteiger partial charge in [0.25, 0.3) is 0 Å². The quantitative estimate of drug-likeness (QED) is 0.865. The zero-order valence-electron chi connectivity index (χ0n) is 11.4. The van der Waals surface area contributed by atoms with E-state index in [9.17, 15) is 9.18 Å². The highest BCUT2D eigenvalue weighted by Crippen LogP contribution is 2.29. The van der Waals surface area contributed by atoms with Crippen LogP contribution in [0.15, 0.2) is 18.2 Å². The molecule has 2 N–H and O–H groups in total. The summed E-state index contributed by atoms with van der Waals surface area (Å²) in [5.41, 5.74) is 1.45. The summed E-state index contributed by atoms with van der Waals surface area (Å²) in [7, 11) is 0. The SMILES string of the molecule is CCNC(C)c1cccc(F)c1N1CCNC(=O)C1. The minimum atomic E-state index is -0.267. The molecular formula is C14H20FN3O. The Morgan fingerprint density at radius 2 is 2.32 bits per heavy atom. The second-order valence-electron chi connectivity index (χ2n) is 4.73. The van der Waals surface area contributed by atoms with Gasteiger partial charge in [0.15, 0.2) is 0 Å². The Labute approximate surface area is 113 Å². The van der Waals surface area contributed by atoms with Crippen LogP contribution >= 0.6 is 0 Å². The first-order valence-electron chi connectivity index (χ1n) is 6.67. The van der Waals surface area contributed by atoms with Crippen LogP contribution in [0, 0.1) is 5.82 Å². The van der Waals surface area contributed by atoms with Gasteiger partial charge < -0.3 is 15.5 Å². The van der Waals surface area contributed by atoms with Gasteiger partial charge in [-0.3, -0.25) is 4.79 Å². The molecule has 1 aromatic rings. The second-order valence-corrected chi connectivity index (χ2v) is 4.73. The Balaban J connectivity index is 2.34. The smallest absolute Gasteiger partial charge is 0.239 e. The number of carbonyl (C=O) groups excluding carboxylic acids is 1. The summed E-state index contributed by atoms with van der Waals surface area (Å²) in [6, 6.07) is 5.13. The fourth-order valence-electron chi connectivity index (χ4n) is 2.46. The molecule has 2 rings (SSSR count). The zero-order valence-corrected chi connectivity index (χ0v) is 11.4. The van der Waals surface area contributed by atoms with Gasteiger partial charge in [0, 0.05) is 19.1 Å². The second kappa shape index (κ2) is 6.02. The lowest BCUT2D eigenvalue weighted by Crippen LogP contribution is -2.48. The minimum Gasteiger partial charge on any atom is -0.358 e. The molecule has 104 valence electrons. The Hall–Kier alpha value is -1.62. The van der Waals surface area contributed by atoms with Crippen molar-refractivity contribution in [3.8, 4) is 0 Å². The van der Waals surface area contributed by atoms with E-state index in [0.29, 0.717) is 18.8 Å². The molecule has 1 aliphatic rings. The molecule has 0 aliphatic carbocycles. The van der Waals surface area contributed by atoms with Crippen LogP contribution in [0.5, 0.6) is 0 Å². The number of hydrogen-bond acceptors (Lipinski definition) is 3. The van der Waals surface area contributed by atoms with Crippen molar-refractivity contribution in [3.63, 3.8) is 0 Å². The average Bonchev–Trinajstić information content (AvgIpc) is 2.38. The number of hydrogen-bond donors (Lipinski definition) is 2. The highest BCUT2D eigenvalue weighted by Gasteiger charge is 2.23. The number of amides is 1. The van der Waals surface area contributed by atoms with Crippen LogP contribution in [0.25, 0.3) is 0 Å². The van der Waals surface area contributed by atoms with E-state index in [4.69, 9.17) is 0 Å². The molecule has 0 aromatic heterocycles. The van der Waals surface area contributed by atoms with Crippen molar-refractivity contribution in [3.05, 3.63) is 29.6 Å². The third-order valence-corrected chi connectivity index (χ3v) is 3.35. The predicted molar refractivity (Wildman–Crippen MR) is 73.7 cm³/mol. The maximum Gasteiger partial charge on any atom is 0.239 e. The summed E-state index contributed by atoms with van der Waals surface area (Å²) >= 11 is 0. The molecule has 1 heterocycles. The zero-order chi connectivity index (χ0) is 13.8. The van der Waals surface area contributed by atoms with Gasteiger partial charge >= 0.3 is 0 Å². The average molecular weight is 265 g/mol. The maximum absolute atomic E-state index is 14.2. The molecule has 1 amide bonds. The first-order valence-corrected chi connectivity index (χ1v) is 6.67. The van der Waals surface area contributed by atoms with Crippen LogP contribution in [0.3, 0.4) is 0 Å². The predicted octanol–water partition coefficient (Wildman–Crippen LogP) is 1.43. The highest BCUT2D eigenvalue weighted by molar-refractivity contribution is 5.83. The number of nitrogens with zero attached hydrogens (tertiary/aromatic N) is 1. The number of piperazine rings is 1. The standard InChI is InChI=1S/C14H20FN3O/c1-3-16-10(2)11-5-4-6-12(15)14(11)18-8-7-17-13(19)9-18/h4-6,10,16H,3,7-9H2,1-2H3,(H,17,19). The molecule has 1 unspecified atom stereocenters. The van der Waals surface area contributed by atoms with E-state index in [1.807, 2.05) is 24.8 Å². The van der Waals surface area contributed by atoms with E-state index >= 15 is 0 Å². The molecule has 1 saturated heterocycles. The van der Waals surface area contributed by atoms with E-state index in [0.717, 1.165) is 12.1 Å². The number of nitrogens with one attached hydrogen (secondary N) is 2. The fraction of sp³-hybridized carbons (Fsp3) is 0.500. The molecular weight excluding hydrogens is 245 g/mol. The molecule has 0 radical (unpaired) electrons. The number of anilines is 1. The molecule has 1 fully saturated rings. The Bertz CT molecular complexity index is 464. The van der Waals surface area contributed by atoms with E-state index in [1.54, 1.807) is 6.07 Å². The van der Waals surface area contributed by atoms with E-state index < -0.39 is 0 Å². The Morgan fingerprint density at radius 3 is 3.00 bits per heavy atom.